The first kappa shape index (κ1) is 16.2. The zero-order valence-corrected chi connectivity index (χ0v) is 13.1. The van der Waals surface area contributed by atoms with E-state index in [-0.39, 0.29) is 11.9 Å². The van der Waals surface area contributed by atoms with Gasteiger partial charge in [0.25, 0.3) is 0 Å². The molecule has 1 aromatic carbocycles. The lowest BCUT2D eigenvalue weighted by Gasteiger charge is -2.12. The van der Waals surface area contributed by atoms with Gasteiger partial charge < -0.3 is 15.5 Å². The van der Waals surface area contributed by atoms with Crippen LogP contribution in [0.4, 0.5) is 10.5 Å². The molecular formula is C16H18ClN3O2. The summed E-state index contributed by atoms with van der Waals surface area (Å²) in [5.41, 5.74) is 1.12. The number of anilines is 1. The maximum atomic E-state index is 11.9. The van der Waals surface area contributed by atoms with E-state index < -0.39 is 0 Å². The summed E-state index contributed by atoms with van der Waals surface area (Å²) in [6.45, 7) is 1.25. The molecule has 1 saturated heterocycles. The van der Waals surface area contributed by atoms with Gasteiger partial charge in [-0.1, -0.05) is 17.5 Å². The largest absolute Gasteiger partial charge is 0.345 e. The van der Waals surface area contributed by atoms with Gasteiger partial charge in [0.1, 0.15) is 0 Å². The molecule has 116 valence electrons. The van der Waals surface area contributed by atoms with Crippen molar-refractivity contribution in [2.24, 2.45) is 5.92 Å². The summed E-state index contributed by atoms with van der Waals surface area (Å²) in [4.78, 5) is 25.0. The molecule has 1 aromatic rings. The lowest BCUT2D eigenvalue weighted by Crippen LogP contribution is -2.31. The zero-order chi connectivity index (χ0) is 16.1. The van der Waals surface area contributed by atoms with Crippen LogP contribution >= 0.6 is 11.6 Å². The smallest absolute Gasteiger partial charge is 0.319 e. The molecule has 0 aromatic heterocycles. The van der Waals surface area contributed by atoms with Crippen LogP contribution in [-0.4, -0.2) is 37.0 Å². The van der Waals surface area contributed by atoms with Gasteiger partial charge in [0.2, 0.25) is 5.91 Å². The molecule has 0 spiro atoms. The summed E-state index contributed by atoms with van der Waals surface area (Å²) in [6.07, 6.45) is 6.64. The highest BCUT2D eigenvalue weighted by molar-refractivity contribution is 6.33. The standard InChI is InChI=1S/C16H18ClN3O2/c1-3-11-4-5-13(17)14(8-11)19-16(22)18-7-6-12-9-15(21)20(2)10-12/h1,4-5,8,12H,6-7,9-10H2,2H3,(H2,18,19,22)/t12-/m0/s1. The second-order valence-corrected chi connectivity index (χ2v) is 5.76. The second kappa shape index (κ2) is 7.19. The molecule has 0 saturated carbocycles. The minimum atomic E-state index is -0.339. The Morgan fingerprint density at radius 2 is 2.32 bits per heavy atom. The molecule has 0 bridgehead atoms. The molecule has 1 aliphatic rings. The highest BCUT2D eigenvalue weighted by atomic mass is 35.5. The van der Waals surface area contributed by atoms with Crippen molar-refractivity contribution < 1.29 is 9.59 Å². The minimum Gasteiger partial charge on any atom is -0.345 e. The van der Waals surface area contributed by atoms with Crippen molar-refractivity contribution in [3.8, 4) is 12.3 Å². The van der Waals surface area contributed by atoms with E-state index in [1.165, 1.54) is 0 Å². The molecule has 0 unspecified atom stereocenters. The van der Waals surface area contributed by atoms with E-state index in [0.29, 0.717) is 35.2 Å². The van der Waals surface area contributed by atoms with Crippen LogP contribution in [0.5, 0.6) is 0 Å². The Morgan fingerprint density at radius 1 is 1.55 bits per heavy atom. The van der Waals surface area contributed by atoms with Crippen LogP contribution in [-0.2, 0) is 4.79 Å². The summed E-state index contributed by atoms with van der Waals surface area (Å²) in [5.74, 6) is 2.95. The number of halogens is 1. The van der Waals surface area contributed by atoms with E-state index in [2.05, 4.69) is 16.6 Å². The third kappa shape index (κ3) is 4.15. The van der Waals surface area contributed by atoms with E-state index >= 15 is 0 Å². The lowest BCUT2D eigenvalue weighted by molar-refractivity contribution is -0.126. The molecule has 22 heavy (non-hydrogen) atoms. The quantitative estimate of drug-likeness (QED) is 0.837. The van der Waals surface area contributed by atoms with E-state index in [1.807, 2.05) is 0 Å². The molecule has 1 fully saturated rings. The predicted octanol–water partition coefficient (Wildman–Crippen LogP) is 2.31. The van der Waals surface area contributed by atoms with Gasteiger partial charge in [-0.15, -0.1) is 6.42 Å². The summed E-state index contributed by atoms with van der Waals surface area (Å²) in [5, 5.41) is 5.86. The molecule has 0 radical (unpaired) electrons. The van der Waals surface area contributed by atoms with Gasteiger partial charge in [0, 0.05) is 32.1 Å². The highest BCUT2D eigenvalue weighted by Gasteiger charge is 2.26. The molecule has 2 N–H and O–H groups in total. The van der Waals surface area contributed by atoms with Crippen LogP contribution in [0.3, 0.4) is 0 Å². The third-order valence-corrected chi connectivity index (χ3v) is 3.97. The number of hydrogen-bond donors (Lipinski definition) is 2. The van der Waals surface area contributed by atoms with Gasteiger partial charge in [-0.05, 0) is 30.5 Å². The first-order valence-electron chi connectivity index (χ1n) is 7.04. The number of terminal acetylenes is 1. The Balaban J connectivity index is 1.79. The van der Waals surface area contributed by atoms with Gasteiger partial charge in [0.05, 0.1) is 10.7 Å². The van der Waals surface area contributed by atoms with Crippen molar-refractivity contribution in [1.29, 1.82) is 0 Å². The van der Waals surface area contributed by atoms with Crippen molar-refractivity contribution in [2.75, 3.05) is 25.5 Å². The van der Waals surface area contributed by atoms with Crippen molar-refractivity contribution in [1.82, 2.24) is 10.2 Å². The molecule has 1 heterocycles. The second-order valence-electron chi connectivity index (χ2n) is 5.35. The predicted molar refractivity (Wildman–Crippen MR) is 86.8 cm³/mol. The van der Waals surface area contributed by atoms with E-state index in [4.69, 9.17) is 18.0 Å². The fourth-order valence-electron chi connectivity index (χ4n) is 2.42. The summed E-state index contributed by atoms with van der Waals surface area (Å²) in [6, 6.07) is 4.66. The average Bonchev–Trinajstić information content (AvgIpc) is 2.80. The summed E-state index contributed by atoms with van der Waals surface area (Å²) < 4.78 is 0. The Morgan fingerprint density at radius 3 is 2.95 bits per heavy atom. The number of benzene rings is 1. The van der Waals surface area contributed by atoms with Crippen LogP contribution < -0.4 is 10.6 Å². The van der Waals surface area contributed by atoms with Crippen molar-refractivity contribution in [3.05, 3.63) is 28.8 Å². The maximum absolute atomic E-state index is 11.9. The molecule has 3 amide bonds. The molecule has 0 aliphatic carbocycles. The monoisotopic (exact) mass is 319 g/mol. The van der Waals surface area contributed by atoms with Gasteiger partial charge in [0.15, 0.2) is 0 Å². The number of hydrogen-bond acceptors (Lipinski definition) is 2. The average molecular weight is 320 g/mol. The number of nitrogens with zero attached hydrogens (tertiary/aromatic N) is 1. The third-order valence-electron chi connectivity index (χ3n) is 3.64. The molecule has 1 atom stereocenters. The Hall–Kier alpha value is -2.19. The van der Waals surface area contributed by atoms with Gasteiger partial charge >= 0.3 is 6.03 Å². The number of likely N-dealkylation sites (tertiary alicyclic amines) is 1. The van der Waals surface area contributed by atoms with Crippen molar-refractivity contribution in [2.45, 2.75) is 12.8 Å². The van der Waals surface area contributed by atoms with Gasteiger partial charge in [-0.25, -0.2) is 4.79 Å². The first-order valence-corrected chi connectivity index (χ1v) is 7.42. The summed E-state index contributed by atoms with van der Waals surface area (Å²) in [7, 11) is 1.79. The molecule has 5 nitrogen and oxygen atoms in total. The maximum Gasteiger partial charge on any atom is 0.319 e. The number of amides is 3. The minimum absolute atomic E-state index is 0.160. The van der Waals surface area contributed by atoms with Crippen LogP contribution in [0.2, 0.25) is 5.02 Å². The first-order chi connectivity index (χ1) is 10.5. The van der Waals surface area contributed by atoms with Crippen molar-refractivity contribution in [3.63, 3.8) is 0 Å². The topological polar surface area (TPSA) is 61.4 Å². The number of urea groups is 1. The molecular weight excluding hydrogens is 302 g/mol. The van der Waals surface area contributed by atoms with E-state index in [0.717, 1.165) is 13.0 Å². The zero-order valence-electron chi connectivity index (χ0n) is 12.4. The number of nitrogens with one attached hydrogen (secondary N) is 2. The Labute approximate surface area is 135 Å². The SMILES string of the molecule is C#Cc1ccc(Cl)c(NC(=O)NCC[C@H]2CC(=O)N(C)C2)c1. The Bertz CT molecular complexity index is 624. The van der Waals surface area contributed by atoms with Gasteiger partial charge in [-0.3, -0.25) is 4.79 Å². The highest BCUT2D eigenvalue weighted by Crippen LogP contribution is 2.22. The lowest BCUT2D eigenvalue weighted by atomic mass is 10.1. The Kier molecular flexibility index (Phi) is 5.29. The number of rotatable bonds is 4. The normalized spacial score (nSPS) is 17.2. The molecule has 6 heteroatoms. The van der Waals surface area contributed by atoms with Crippen LogP contribution in [0.1, 0.15) is 18.4 Å². The van der Waals surface area contributed by atoms with Crippen LogP contribution in [0.25, 0.3) is 0 Å². The fraction of sp³-hybridized carbons (Fsp3) is 0.375. The van der Waals surface area contributed by atoms with Crippen molar-refractivity contribution >= 4 is 29.2 Å². The number of carbonyl (C=O) groups is 2. The number of carbonyl (C=O) groups excluding carboxylic acids is 2. The van der Waals surface area contributed by atoms with E-state index in [1.54, 1.807) is 30.1 Å². The molecule has 2 rings (SSSR count). The van der Waals surface area contributed by atoms with Gasteiger partial charge in [-0.2, -0.15) is 0 Å². The molecule has 1 aliphatic heterocycles. The summed E-state index contributed by atoms with van der Waals surface area (Å²) >= 11 is 6.01. The van der Waals surface area contributed by atoms with E-state index in [9.17, 15) is 9.59 Å². The van der Waals surface area contributed by atoms with Crippen LogP contribution in [0.15, 0.2) is 18.2 Å². The fourth-order valence-corrected chi connectivity index (χ4v) is 2.58. The van der Waals surface area contributed by atoms with Crippen LogP contribution in [0, 0.1) is 18.3 Å².